The molecule has 0 saturated heterocycles. The zero-order valence-electron chi connectivity index (χ0n) is 28.6. The molecule has 0 aliphatic rings. The summed E-state index contributed by atoms with van der Waals surface area (Å²) in [5, 5.41) is 17.5. The summed E-state index contributed by atoms with van der Waals surface area (Å²) >= 11 is 0. The van der Waals surface area contributed by atoms with Gasteiger partial charge in [-0.25, -0.2) is 0 Å². The summed E-state index contributed by atoms with van der Waals surface area (Å²) in [5.74, 6) is 0. The number of benzene rings is 8. The van der Waals surface area contributed by atoms with Gasteiger partial charge in [0.05, 0.1) is 44.7 Å². The minimum Gasteiger partial charge on any atom is -0.309 e. The Bertz CT molecular complexity index is 3240. The van der Waals surface area contributed by atoms with Crippen LogP contribution in [0, 0.1) is 11.3 Å². The van der Waals surface area contributed by atoms with Crippen molar-refractivity contribution in [1.82, 2.24) is 13.7 Å². The van der Waals surface area contributed by atoms with Crippen LogP contribution in [-0.2, 0) is 0 Å². The van der Waals surface area contributed by atoms with Gasteiger partial charge in [0.2, 0.25) is 0 Å². The second kappa shape index (κ2) is 11.3. The van der Waals surface area contributed by atoms with E-state index in [9.17, 15) is 5.26 Å². The molecular formula is C49H30N4. The first-order valence-electron chi connectivity index (χ1n) is 17.9. The Morgan fingerprint density at radius 1 is 0.321 bits per heavy atom. The zero-order valence-corrected chi connectivity index (χ0v) is 28.6. The quantitative estimate of drug-likeness (QED) is 0.183. The van der Waals surface area contributed by atoms with Crippen molar-refractivity contribution in [1.29, 1.82) is 5.26 Å². The first-order chi connectivity index (χ1) is 26.3. The summed E-state index contributed by atoms with van der Waals surface area (Å²) in [7, 11) is 0. The molecule has 0 atom stereocenters. The molecule has 3 heterocycles. The van der Waals surface area contributed by atoms with Crippen LogP contribution < -0.4 is 0 Å². The number of fused-ring (bicyclic) bond motifs is 9. The lowest BCUT2D eigenvalue weighted by Gasteiger charge is -2.16. The van der Waals surface area contributed by atoms with E-state index in [2.05, 4.69) is 184 Å². The molecule has 4 heteroatoms. The maximum atomic E-state index is 10.3. The number of para-hydroxylation sites is 5. The molecule has 0 spiro atoms. The van der Waals surface area contributed by atoms with Gasteiger partial charge in [-0.2, -0.15) is 5.26 Å². The normalized spacial score (nSPS) is 11.8. The van der Waals surface area contributed by atoms with Gasteiger partial charge >= 0.3 is 0 Å². The largest absolute Gasteiger partial charge is 0.309 e. The van der Waals surface area contributed by atoms with Crippen LogP contribution in [0.1, 0.15) is 5.56 Å². The van der Waals surface area contributed by atoms with Crippen molar-refractivity contribution in [2.24, 2.45) is 0 Å². The van der Waals surface area contributed by atoms with Crippen LogP contribution >= 0.6 is 0 Å². The van der Waals surface area contributed by atoms with Crippen molar-refractivity contribution in [3.8, 4) is 34.3 Å². The first kappa shape index (κ1) is 29.4. The van der Waals surface area contributed by atoms with Gasteiger partial charge in [-0.05, 0) is 83.9 Å². The summed E-state index contributed by atoms with van der Waals surface area (Å²) in [6, 6.07) is 67.2. The Labute approximate surface area is 305 Å². The van der Waals surface area contributed by atoms with Crippen LogP contribution in [0.25, 0.3) is 93.6 Å². The minimum absolute atomic E-state index is 0.649. The van der Waals surface area contributed by atoms with Gasteiger partial charge < -0.3 is 13.7 Å². The number of rotatable bonds is 4. The van der Waals surface area contributed by atoms with Gasteiger partial charge in [0.25, 0.3) is 0 Å². The molecule has 0 unspecified atom stereocenters. The summed E-state index contributed by atoms with van der Waals surface area (Å²) in [5.41, 5.74) is 12.7. The summed E-state index contributed by atoms with van der Waals surface area (Å²) in [6.45, 7) is 0. The first-order valence-corrected chi connectivity index (χ1v) is 17.9. The standard InChI is InChI=1S/C49H30N4/c50-31-32-14-4-5-17-37(32)33-26-35(52-44-22-10-6-18-38(44)39-19-7-11-23-45(39)52)28-36(27-33)53-47-25-13-9-21-41(47)43-29-48-42(30-49(43)53)40-20-8-12-24-46(40)51(48)34-15-2-1-3-16-34/h1-30H. The van der Waals surface area contributed by atoms with Crippen LogP contribution in [0.2, 0.25) is 0 Å². The summed E-state index contributed by atoms with van der Waals surface area (Å²) in [6.07, 6.45) is 0. The maximum absolute atomic E-state index is 10.3. The van der Waals surface area contributed by atoms with E-state index in [4.69, 9.17) is 0 Å². The third kappa shape index (κ3) is 4.29. The molecule has 0 aliphatic heterocycles. The second-order valence-corrected chi connectivity index (χ2v) is 13.7. The molecule has 0 amide bonds. The Balaban J connectivity index is 1.28. The SMILES string of the molecule is N#Cc1ccccc1-c1cc(-n2c3ccccc3c3ccccc32)cc(-n2c3ccccc3c3cc4c(cc32)c2ccccc2n4-c2ccccc2)c1. The molecule has 11 aromatic rings. The van der Waals surface area contributed by atoms with Crippen LogP contribution in [-0.4, -0.2) is 13.7 Å². The Morgan fingerprint density at radius 3 is 1.23 bits per heavy atom. The molecule has 53 heavy (non-hydrogen) atoms. The van der Waals surface area contributed by atoms with Gasteiger partial charge in [-0.3, -0.25) is 0 Å². The fraction of sp³-hybridized carbons (Fsp3) is 0. The molecule has 11 rings (SSSR count). The third-order valence-corrected chi connectivity index (χ3v) is 10.8. The zero-order chi connectivity index (χ0) is 35.0. The predicted molar refractivity (Wildman–Crippen MR) is 220 cm³/mol. The van der Waals surface area contributed by atoms with Crippen molar-refractivity contribution in [3.05, 3.63) is 188 Å². The Hall–Kier alpha value is -7.35. The lowest BCUT2D eigenvalue weighted by Crippen LogP contribution is -2.00. The van der Waals surface area contributed by atoms with Gasteiger partial charge in [0.1, 0.15) is 0 Å². The van der Waals surface area contributed by atoms with Gasteiger partial charge in [0.15, 0.2) is 0 Å². The molecule has 0 fully saturated rings. The lowest BCUT2D eigenvalue weighted by atomic mass is 9.99. The third-order valence-electron chi connectivity index (χ3n) is 10.8. The van der Waals surface area contributed by atoms with E-state index < -0.39 is 0 Å². The van der Waals surface area contributed by atoms with Crippen LogP contribution in [0.15, 0.2) is 182 Å². The average molecular weight is 675 g/mol. The molecule has 0 aliphatic carbocycles. The van der Waals surface area contributed by atoms with E-state index in [0.717, 1.165) is 50.3 Å². The van der Waals surface area contributed by atoms with Crippen molar-refractivity contribution < 1.29 is 0 Å². The number of aromatic nitrogens is 3. The number of hydrogen-bond acceptors (Lipinski definition) is 1. The molecule has 0 saturated carbocycles. The lowest BCUT2D eigenvalue weighted by molar-refractivity contribution is 1.13. The molecule has 0 radical (unpaired) electrons. The van der Waals surface area contributed by atoms with Crippen molar-refractivity contribution >= 4 is 65.4 Å². The molecular weight excluding hydrogens is 645 g/mol. The molecule has 0 bridgehead atoms. The van der Waals surface area contributed by atoms with E-state index in [1.54, 1.807) is 0 Å². The Morgan fingerprint density at radius 2 is 0.717 bits per heavy atom. The molecule has 3 aromatic heterocycles. The Kier molecular flexibility index (Phi) is 6.28. The molecule has 4 nitrogen and oxygen atoms in total. The molecule has 246 valence electrons. The fourth-order valence-corrected chi connectivity index (χ4v) is 8.61. The van der Waals surface area contributed by atoms with Crippen LogP contribution in [0.5, 0.6) is 0 Å². The monoisotopic (exact) mass is 674 g/mol. The van der Waals surface area contributed by atoms with E-state index in [0.29, 0.717) is 5.56 Å². The highest BCUT2D eigenvalue weighted by atomic mass is 15.0. The minimum atomic E-state index is 0.649. The van der Waals surface area contributed by atoms with E-state index in [1.165, 1.54) is 43.4 Å². The predicted octanol–water partition coefficient (Wildman–Crippen LogP) is 12.5. The highest BCUT2D eigenvalue weighted by Gasteiger charge is 2.20. The summed E-state index contributed by atoms with van der Waals surface area (Å²) in [4.78, 5) is 0. The fourth-order valence-electron chi connectivity index (χ4n) is 8.61. The maximum Gasteiger partial charge on any atom is 0.0998 e. The van der Waals surface area contributed by atoms with Crippen molar-refractivity contribution in [2.45, 2.75) is 0 Å². The van der Waals surface area contributed by atoms with Crippen molar-refractivity contribution in [2.75, 3.05) is 0 Å². The molecule has 0 N–H and O–H groups in total. The van der Waals surface area contributed by atoms with Crippen LogP contribution in [0.3, 0.4) is 0 Å². The number of nitrogens with zero attached hydrogens (tertiary/aromatic N) is 4. The smallest absolute Gasteiger partial charge is 0.0998 e. The van der Waals surface area contributed by atoms with Gasteiger partial charge in [-0.15, -0.1) is 0 Å². The average Bonchev–Trinajstić information content (AvgIpc) is 3.85. The summed E-state index contributed by atoms with van der Waals surface area (Å²) < 4.78 is 7.16. The van der Waals surface area contributed by atoms with Crippen molar-refractivity contribution in [3.63, 3.8) is 0 Å². The second-order valence-electron chi connectivity index (χ2n) is 13.7. The van der Waals surface area contributed by atoms with E-state index in [1.807, 2.05) is 18.2 Å². The van der Waals surface area contributed by atoms with Gasteiger partial charge in [0, 0.05) is 49.4 Å². The van der Waals surface area contributed by atoms with E-state index >= 15 is 0 Å². The number of nitriles is 1. The number of hydrogen-bond donors (Lipinski definition) is 0. The van der Waals surface area contributed by atoms with Crippen LogP contribution in [0.4, 0.5) is 0 Å². The highest BCUT2D eigenvalue weighted by Crippen LogP contribution is 2.41. The molecule has 8 aromatic carbocycles. The topological polar surface area (TPSA) is 38.6 Å². The van der Waals surface area contributed by atoms with Gasteiger partial charge in [-0.1, -0.05) is 109 Å². The van der Waals surface area contributed by atoms with E-state index in [-0.39, 0.29) is 0 Å². The highest BCUT2D eigenvalue weighted by molar-refractivity contribution is 6.19.